The molecule has 30 heavy (non-hydrogen) atoms. The van der Waals surface area contributed by atoms with Crippen LogP contribution in [-0.4, -0.2) is 54.3 Å². The Labute approximate surface area is 174 Å². The third-order valence-electron chi connectivity index (χ3n) is 4.79. The van der Waals surface area contributed by atoms with Gasteiger partial charge in [-0.3, -0.25) is 0 Å². The molecule has 0 atom stereocenters. The number of hydrogen-bond acceptors (Lipinski definition) is 7. The minimum atomic E-state index is -0.389. The Kier molecular flexibility index (Phi) is 5.88. The second-order valence-corrected chi connectivity index (χ2v) is 6.71. The van der Waals surface area contributed by atoms with Crippen LogP contribution >= 0.6 is 0 Å². The van der Waals surface area contributed by atoms with Gasteiger partial charge < -0.3 is 25.2 Å². The summed E-state index contributed by atoms with van der Waals surface area (Å²) in [5, 5.41) is 5.49. The maximum absolute atomic E-state index is 12.3. The molecule has 1 fully saturated rings. The number of piperazine rings is 1. The molecule has 2 N–H and O–H groups in total. The number of hydrogen-bond donors (Lipinski definition) is 2. The van der Waals surface area contributed by atoms with Gasteiger partial charge in [0.25, 0.3) is 0 Å². The minimum absolute atomic E-state index is 0.389. The monoisotopic (exact) mass is 405 g/mol. The summed E-state index contributed by atoms with van der Waals surface area (Å²) in [6.07, 6.45) is 5.02. The lowest BCUT2D eigenvalue weighted by molar-refractivity contribution is 0.262. The number of pyridine rings is 1. The van der Waals surface area contributed by atoms with E-state index in [9.17, 15) is 4.79 Å². The topological polar surface area (TPSA) is 95.5 Å². The Morgan fingerprint density at radius 2 is 1.60 bits per heavy atom. The molecule has 9 nitrogen and oxygen atoms in total. The van der Waals surface area contributed by atoms with Crippen molar-refractivity contribution in [3.63, 3.8) is 0 Å². The third-order valence-corrected chi connectivity index (χ3v) is 4.79. The van der Waals surface area contributed by atoms with Crippen LogP contribution in [0.1, 0.15) is 0 Å². The molecule has 0 unspecified atom stereocenters. The smallest absolute Gasteiger partial charge is 0.323 e. The van der Waals surface area contributed by atoms with Gasteiger partial charge in [-0.05, 0) is 24.3 Å². The maximum Gasteiger partial charge on any atom is 0.323 e. The van der Waals surface area contributed by atoms with E-state index in [4.69, 9.17) is 4.74 Å². The van der Waals surface area contributed by atoms with Crippen molar-refractivity contribution in [2.45, 2.75) is 0 Å². The number of amides is 2. The van der Waals surface area contributed by atoms with Gasteiger partial charge in [0.2, 0.25) is 5.95 Å². The fourth-order valence-corrected chi connectivity index (χ4v) is 3.26. The number of rotatable bonds is 5. The molecule has 1 aromatic carbocycles. The number of anilines is 4. The number of carbonyl (C=O) groups excluding carboxylic acids is 1. The number of urea groups is 1. The first-order valence-electron chi connectivity index (χ1n) is 9.67. The molecule has 1 saturated heterocycles. The molecule has 0 radical (unpaired) electrons. The molecule has 0 spiro atoms. The van der Waals surface area contributed by atoms with Gasteiger partial charge in [0.15, 0.2) is 0 Å². The summed E-state index contributed by atoms with van der Waals surface area (Å²) in [6.45, 7) is 3.30. The van der Waals surface area contributed by atoms with Crippen LogP contribution in [0.5, 0.6) is 5.75 Å². The summed E-state index contributed by atoms with van der Waals surface area (Å²) in [4.78, 5) is 29.8. The van der Waals surface area contributed by atoms with E-state index in [1.165, 1.54) is 0 Å². The first-order valence-corrected chi connectivity index (χ1v) is 9.67. The Bertz CT molecular complexity index is 974. The van der Waals surface area contributed by atoms with E-state index in [2.05, 4.69) is 35.4 Å². The predicted molar refractivity (Wildman–Crippen MR) is 116 cm³/mol. The van der Waals surface area contributed by atoms with Gasteiger partial charge in [0.05, 0.1) is 30.9 Å². The zero-order valence-electron chi connectivity index (χ0n) is 16.7. The lowest BCUT2D eigenvalue weighted by Gasteiger charge is -2.35. The summed E-state index contributed by atoms with van der Waals surface area (Å²) in [5.41, 5.74) is 1.10. The standard InChI is InChI=1S/C21H23N7O2/c1-30-18-7-3-2-6-17(18)26-21(29)25-16-14-23-20(24-15-16)28-12-10-27(11-13-28)19-8-4-5-9-22-19/h2-9,14-15H,10-13H2,1H3,(H2,25,26,29). The molecule has 9 heteroatoms. The van der Waals surface area contributed by atoms with Gasteiger partial charge in [-0.15, -0.1) is 0 Å². The van der Waals surface area contributed by atoms with Crippen LogP contribution in [0, 0.1) is 0 Å². The highest BCUT2D eigenvalue weighted by molar-refractivity contribution is 6.00. The molecule has 2 amide bonds. The Morgan fingerprint density at radius 1 is 0.900 bits per heavy atom. The van der Waals surface area contributed by atoms with Gasteiger partial charge in [-0.2, -0.15) is 0 Å². The van der Waals surface area contributed by atoms with E-state index < -0.39 is 0 Å². The van der Waals surface area contributed by atoms with Crippen molar-refractivity contribution in [2.75, 3.05) is 53.7 Å². The number of ether oxygens (including phenoxy) is 1. The predicted octanol–water partition coefficient (Wildman–Crippen LogP) is 2.85. The molecule has 1 aliphatic heterocycles. The second kappa shape index (κ2) is 9.08. The Morgan fingerprint density at radius 3 is 2.30 bits per heavy atom. The summed E-state index contributed by atoms with van der Waals surface area (Å²) >= 11 is 0. The van der Waals surface area contributed by atoms with Crippen molar-refractivity contribution >= 4 is 29.2 Å². The van der Waals surface area contributed by atoms with Crippen LogP contribution in [0.15, 0.2) is 61.1 Å². The molecular formula is C21H23N7O2. The maximum atomic E-state index is 12.3. The molecule has 4 rings (SSSR count). The summed E-state index contributed by atoms with van der Waals surface area (Å²) < 4.78 is 5.24. The van der Waals surface area contributed by atoms with Gasteiger partial charge in [-0.25, -0.2) is 19.7 Å². The number of methoxy groups -OCH3 is 1. The summed E-state index contributed by atoms with van der Waals surface area (Å²) in [6, 6.07) is 12.7. The van der Waals surface area contributed by atoms with E-state index in [1.54, 1.807) is 37.8 Å². The molecular weight excluding hydrogens is 382 g/mol. The number of aromatic nitrogens is 3. The molecule has 3 heterocycles. The normalized spacial score (nSPS) is 13.6. The number of benzene rings is 1. The van der Waals surface area contributed by atoms with Crippen molar-refractivity contribution in [1.82, 2.24) is 15.0 Å². The third kappa shape index (κ3) is 4.57. The SMILES string of the molecule is COc1ccccc1NC(=O)Nc1cnc(N2CCN(c3ccccn3)CC2)nc1. The van der Waals surface area contributed by atoms with Crippen LogP contribution in [0.25, 0.3) is 0 Å². The number of nitrogens with one attached hydrogen (secondary N) is 2. The molecule has 0 bridgehead atoms. The largest absolute Gasteiger partial charge is 0.495 e. The quantitative estimate of drug-likeness (QED) is 0.674. The van der Waals surface area contributed by atoms with Crippen LogP contribution < -0.4 is 25.2 Å². The van der Waals surface area contributed by atoms with Crippen molar-refractivity contribution in [2.24, 2.45) is 0 Å². The van der Waals surface area contributed by atoms with E-state index in [0.717, 1.165) is 32.0 Å². The highest BCUT2D eigenvalue weighted by Crippen LogP contribution is 2.23. The molecule has 0 saturated carbocycles. The van der Waals surface area contributed by atoms with E-state index >= 15 is 0 Å². The van der Waals surface area contributed by atoms with Crippen LogP contribution in [0.3, 0.4) is 0 Å². The minimum Gasteiger partial charge on any atom is -0.495 e. The zero-order valence-corrected chi connectivity index (χ0v) is 16.7. The fraction of sp³-hybridized carbons (Fsp3) is 0.238. The lowest BCUT2D eigenvalue weighted by Crippen LogP contribution is -2.47. The molecule has 3 aromatic rings. The summed E-state index contributed by atoms with van der Waals surface area (Å²) in [7, 11) is 1.56. The first-order chi connectivity index (χ1) is 14.7. The highest BCUT2D eigenvalue weighted by atomic mass is 16.5. The zero-order chi connectivity index (χ0) is 20.8. The van der Waals surface area contributed by atoms with E-state index in [-0.39, 0.29) is 6.03 Å². The lowest BCUT2D eigenvalue weighted by atomic mass is 10.3. The highest BCUT2D eigenvalue weighted by Gasteiger charge is 2.19. The van der Waals surface area contributed by atoms with Crippen molar-refractivity contribution in [3.8, 4) is 5.75 Å². The Balaban J connectivity index is 1.31. The Hall–Kier alpha value is -3.88. The molecule has 154 valence electrons. The van der Waals surface area contributed by atoms with Crippen molar-refractivity contribution < 1.29 is 9.53 Å². The van der Waals surface area contributed by atoms with Crippen LogP contribution in [0.2, 0.25) is 0 Å². The van der Waals surface area contributed by atoms with E-state index in [0.29, 0.717) is 23.1 Å². The molecule has 0 aliphatic carbocycles. The first kappa shape index (κ1) is 19.4. The van der Waals surface area contributed by atoms with Gasteiger partial charge >= 0.3 is 6.03 Å². The summed E-state index contributed by atoms with van der Waals surface area (Å²) in [5.74, 6) is 2.22. The molecule has 2 aromatic heterocycles. The fourth-order valence-electron chi connectivity index (χ4n) is 3.26. The van der Waals surface area contributed by atoms with Gasteiger partial charge in [0, 0.05) is 32.4 Å². The van der Waals surface area contributed by atoms with Gasteiger partial charge in [0.1, 0.15) is 11.6 Å². The average Bonchev–Trinajstić information content (AvgIpc) is 2.80. The average molecular weight is 405 g/mol. The van der Waals surface area contributed by atoms with E-state index in [1.807, 2.05) is 30.3 Å². The number of carbonyl (C=O) groups is 1. The number of nitrogens with zero attached hydrogens (tertiary/aromatic N) is 5. The molecule has 1 aliphatic rings. The van der Waals surface area contributed by atoms with Crippen LogP contribution in [0.4, 0.5) is 27.9 Å². The van der Waals surface area contributed by atoms with Gasteiger partial charge in [-0.1, -0.05) is 18.2 Å². The van der Waals surface area contributed by atoms with Crippen molar-refractivity contribution in [1.29, 1.82) is 0 Å². The van der Waals surface area contributed by atoms with Crippen LogP contribution in [-0.2, 0) is 0 Å². The van der Waals surface area contributed by atoms with Crippen molar-refractivity contribution in [3.05, 3.63) is 61.1 Å². The number of para-hydroxylation sites is 2. The second-order valence-electron chi connectivity index (χ2n) is 6.71.